The maximum Gasteiger partial charge on any atom is 0.265 e. The molecular weight excluding hydrogens is 318 g/mol. The molecule has 0 unspecified atom stereocenters. The first-order valence-electron chi connectivity index (χ1n) is 8.37. The van der Waals surface area contributed by atoms with Gasteiger partial charge in [-0.05, 0) is 42.9 Å². The lowest BCUT2D eigenvalue weighted by Gasteiger charge is -2.26. The van der Waals surface area contributed by atoms with Crippen molar-refractivity contribution in [3.63, 3.8) is 0 Å². The molecule has 0 spiro atoms. The number of nitrogens with zero attached hydrogens (tertiary/aromatic N) is 1. The van der Waals surface area contributed by atoms with E-state index >= 15 is 0 Å². The maximum atomic E-state index is 12.6. The first-order chi connectivity index (χ1) is 11.8. The number of hydrogen-bond donors (Lipinski definition) is 2. The van der Waals surface area contributed by atoms with Gasteiger partial charge in [-0.1, -0.05) is 30.3 Å². The van der Waals surface area contributed by atoms with Gasteiger partial charge in [-0.15, -0.1) is 11.3 Å². The van der Waals surface area contributed by atoms with E-state index in [0.717, 1.165) is 39.2 Å². The first-order valence-corrected chi connectivity index (χ1v) is 9.19. The van der Waals surface area contributed by atoms with Crippen LogP contribution in [-0.2, 0) is 12.8 Å². The van der Waals surface area contributed by atoms with Crippen LogP contribution in [0.3, 0.4) is 0 Å². The Morgan fingerprint density at radius 1 is 1.08 bits per heavy atom. The minimum Gasteiger partial charge on any atom is -0.360 e. The number of rotatable bonds is 1. The van der Waals surface area contributed by atoms with E-state index in [-0.39, 0.29) is 12.1 Å². The molecule has 24 heavy (non-hydrogen) atoms. The number of pyridine rings is 1. The van der Waals surface area contributed by atoms with Crippen molar-refractivity contribution in [1.82, 2.24) is 10.3 Å². The van der Waals surface area contributed by atoms with Crippen molar-refractivity contribution in [2.75, 3.05) is 5.32 Å². The molecular formula is C19H17N3OS. The standard InChI is InChI=1S/C19H17N3OS/c23-18-16-15(21-17(22-18)11-6-2-1-3-7-11)13-10-12-8-4-5-9-14(12)20-19(13)24-16/h1-3,6-7,10,17,21H,4-5,8-9H2,(H,22,23)/t17-/m0/s1. The van der Waals surface area contributed by atoms with Crippen molar-refractivity contribution in [3.05, 3.63) is 58.1 Å². The number of benzene rings is 1. The summed E-state index contributed by atoms with van der Waals surface area (Å²) in [5.74, 6) is -0.0152. The summed E-state index contributed by atoms with van der Waals surface area (Å²) in [7, 11) is 0. The third kappa shape index (κ3) is 2.12. The third-order valence-electron chi connectivity index (χ3n) is 4.86. The van der Waals surface area contributed by atoms with Crippen molar-refractivity contribution in [2.45, 2.75) is 31.8 Å². The van der Waals surface area contributed by atoms with Crippen molar-refractivity contribution in [2.24, 2.45) is 0 Å². The number of anilines is 1. The van der Waals surface area contributed by atoms with Crippen LogP contribution >= 0.6 is 11.3 Å². The molecule has 0 radical (unpaired) electrons. The van der Waals surface area contributed by atoms with Gasteiger partial charge in [-0.3, -0.25) is 4.79 Å². The SMILES string of the molecule is O=C1N[C@@H](c2ccccc2)Nc2c1sc1nc3c(cc21)CCCC3. The molecule has 2 N–H and O–H groups in total. The first kappa shape index (κ1) is 14.0. The summed E-state index contributed by atoms with van der Waals surface area (Å²) in [6.45, 7) is 0. The van der Waals surface area contributed by atoms with Crippen LogP contribution in [0.4, 0.5) is 5.69 Å². The molecule has 1 aliphatic carbocycles. The fourth-order valence-electron chi connectivity index (χ4n) is 3.63. The van der Waals surface area contributed by atoms with E-state index in [4.69, 9.17) is 4.98 Å². The van der Waals surface area contributed by atoms with Crippen LogP contribution in [0, 0.1) is 0 Å². The summed E-state index contributed by atoms with van der Waals surface area (Å²) >= 11 is 1.49. The molecule has 1 atom stereocenters. The zero-order chi connectivity index (χ0) is 16.1. The molecule has 0 fully saturated rings. The van der Waals surface area contributed by atoms with E-state index in [1.807, 2.05) is 30.3 Å². The fraction of sp³-hybridized carbons (Fsp3) is 0.263. The number of amides is 1. The second-order valence-electron chi connectivity index (χ2n) is 6.42. The Balaban J connectivity index is 1.64. The zero-order valence-corrected chi connectivity index (χ0v) is 14.0. The van der Waals surface area contributed by atoms with Crippen LogP contribution in [0.25, 0.3) is 10.2 Å². The van der Waals surface area contributed by atoms with E-state index in [0.29, 0.717) is 0 Å². The van der Waals surface area contributed by atoms with Gasteiger partial charge in [0.15, 0.2) is 0 Å². The molecule has 1 amide bonds. The van der Waals surface area contributed by atoms with Crippen LogP contribution in [0.15, 0.2) is 36.4 Å². The third-order valence-corrected chi connectivity index (χ3v) is 5.96. The highest BCUT2D eigenvalue weighted by Crippen LogP contribution is 2.40. The van der Waals surface area contributed by atoms with Gasteiger partial charge in [-0.2, -0.15) is 0 Å². The molecule has 1 aromatic carbocycles. The van der Waals surface area contributed by atoms with Gasteiger partial charge < -0.3 is 10.6 Å². The monoisotopic (exact) mass is 335 g/mol. The molecule has 5 rings (SSSR count). The predicted molar refractivity (Wildman–Crippen MR) is 96.5 cm³/mol. The molecule has 2 aliphatic rings. The largest absolute Gasteiger partial charge is 0.360 e. The number of nitrogens with one attached hydrogen (secondary N) is 2. The Morgan fingerprint density at radius 3 is 2.79 bits per heavy atom. The van der Waals surface area contributed by atoms with Gasteiger partial charge in [0.2, 0.25) is 0 Å². The molecule has 2 aromatic heterocycles. The van der Waals surface area contributed by atoms with Gasteiger partial charge in [0.25, 0.3) is 5.91 Å². The highest BCUT2D eigenvalue weighted by Gasteiger charge is 2.29. The minimum atomic E-state index is -0.194. The van der Waals surface area contributed by atoms with Gasteiger partial charge >= 0.3 is 0 Å². The van der Waals surface area contributed by atoms with Gasteiger partial charge in [0, 0.05) is 11.1 Å². The molecule has 1 aliphatic heterocycles. The Bertz CT molecular complexity index is 948. The maximum absolute atomic E-state index is 12.6. The molecule has 3 heterocycles. The van der Waals surface area contributed by atoms with Crippen LogP contribution in [0.5, 0.6) is 0 Å². The molecule has 0 bridgehead atoms. The summed E-state index contributed by atoms with van der Waals surface area (Å²) in [4.78, 5) is 19.2. The fourth-order valence-corrected chi connectivity index (χ4v) is 4.68. The van der Waals surface area contributed by atoms with E-state index in [1.54, 1.807) is 0 Å². The number of carbonyl (C=O) groups excluding carboxylic acids is 1. The van der Waals surface area contributed by atoms with Gasteiger partial charge in [0.05, 0.1) is 5.69 Å². The predicted octanol–water partition coefficient (Wildman–Crippen LogP) is 4.03. The topological polar surface area (TPSA) is 54.0 Å². The van der Waals surface area contributed by atoms with Crippen molar-refractivity contribution in [1.29, 1.82) is 0 Å². The van der Waals surface area contributed by atoms with E-state index in [1.165, 1.54) is 35.4 Å². The van der Waals surface area contributed by atoms with Crippen LogP contribution in [-0.4, -0.2) is 10.9 Å². The Morgan fingerprint density at radius 2 is 1.92 bits per heavy atom. The molecule has 120 valence electrons. The van der Waals surface area contributed by atoms with E-state index in [9.17, 15) is 4.79 Å². The summed E-state index contributed by atoms with van der Waals surface area (Å²) in [6.07, 6.45) is 4.40. The number of carbonyl (C=O) groups is 1. The van der Waals surface area contributed by atoms with Gasteiger partial charge in [0.1, 0.15) is 15.9 Å². The number of aryl methyl sites for hydroxylation is 2. The quantitative estimate of drug-likeness (QED) is 0.706. The van der Waals surface area contributed by atoms with Crippen LogP contribution in [0.1, 0.15) is 45.5 Å². The Kier molecular flexibility index (Phi) is 3.10. The highest BCUT2D eigenvalue weighted by atomic mass is 32.1. The molecule has 0 saturated heterocycles. The molecule has 0 saturated carbocycles. The lowest BCUT2D eigenvalue weighted by Crippen LogP contribution is -2.37. The van der Waals surface area contributed by atoms with Gasteiger partial charge in [-0.25, -0.2) is 4.98 Å². The highest BCUT2D eigenvalue weighted by molar-refractivity contribution is 7.21. The minimum absolute atomic E-state index is 0.0152. The Hall–Kier alpha value is -2.40. The summed E-state index contributed by atoms with van der Waals surface area (Å²) < 4.78 is 0. The van der Waals surface area contributed by atoms with E-state index < -0.39 is 0 Å². The van der Waals surface area contributed by atoms with Crippen LogP contribution in [0.2, 0.25) is 0 Å². The summed E-state index contributed by atoms with van der Waals surface area (Å²) in [5.41, 5.74) is 4.56. The molecule has 3 aromatic rings. The zero-order valence-electron chi connectivity index (χ0n) is 13.1. The second kappa shape index (κ2) is 5.31. The lowest BCUT2D eigenvalue weighted by atomic mass is 9.95. The average Bonchev–Trinajstić information content (AvgIpc) is 2.99. The smallest absolute Gasteiger partial charge is 0.265 e. The number of hydrogen-bond acceptors (Lipinski definition) is 4. The number of fused-ring (bicyclic) bond motifs is 4. The number of thiophene rings is 1. The molecule has 5 heteroatoms. The molecule has 4 nitrogen and oxygen atoms in total. The normalized spacial score (nSPS) is 19.3. The van der Waals surface area contributed by atoms with Crippen LogP contribution < -0.4 is 10.6 Å². The van der Waals surface area contributed by atoms with E-state index in [2.05, 4.69) is 16.7 Å². The summed E-state index contributed by atoms with van der Waals surface area (Å²) in [6, 6.07) is 12.3. The summed E-state index contributed by atoms with van der Waals surface area (Å²) in [5, 5.41) is 7.65. The lowest BCUT2D eigenvalue weighted by molar-refractivity contribution is 0.0940. The van der Waals surface area contributed by atoms with Crippen molar-refractivity contribution >= 4 is 33.1 Å². The van der Waals surface area contributed by atoms with Crippen molar-refractivity contribution in [3.8, 4) is 0 Å². The number of aromatic nitrogens is 1. The Labute approximate surface area is 143 Å². The van der Waals surface area contributed by atoms with Crippen molar-refractivity contribution < 1.29 is 4.79 Å². The second-order valence-corrected chi connectivity index (χ2v) is 7.42. The average molecular weight is 335 g/mol.